The van der Waals surface area contributed by atoms with Gasteiger partial charge in [-0.25, -0.2) is 0 Å². The van der Waals surface area contributed by atoms with Crippen molar-refractivity contribution in [1.29, 1.82) is 21.0 Å². The highest BCUT2D eigenvalue weighted by Crippen LogP contribution is 2.29. The quantitative estimate of drug-likeness (QED) is 0.628. The highest BCUT2D eigenvalue weighted by molar-refractivity contribution is 5.88. The molecule has 0 heterocycles. The fraction of sp³-hybridized carbons (Fsp3) is 0.176. The van der Waals surface area contributed by atoms with Gasteiger partial charge in [-0.1, -0.05) is 12.1 Å². The molecule has 1 rings (SSSR count). The molecule has 0 spiro atoms. The molecule has 0 amide bonds. The molecular weight excluding hydrogens is 274 g/mol. The van der Waals surface area contributed by atoms with Gasteiger partial charge in [0.05, 0.1) is 0 Å². The number of nitriles is 4. The molecule has 1 aromatic rings. The van der Waals surface area contributed by atoms with Crippen molar-refractivity contribution in [3.05, 3.63) is 46.5 Å². The lowest BCUT2D eigenvalue weighted by atomic mass is 9.91. The average Bonchev–Trinajstić information content (AvgIpc) is 2.53. The topological polar surface area (TPSA) is 98.4 Å². The lowest BCUT2D eigenvalue weighted by molar-refractivity contribution is 1.13. The third-order valence-electron chi connectivity index (χ3n) is 3.12. The van der Waals surface area contributed by atoms with Gasteiger partial charge in [0.15, 0.2) is 0 Å². The first kappa shape index (κ1) is 16.5. The van der Waals surface area contributed by atoms with Gasteiger partial charge >= 0.3 is 0 Å². The lowest BCUT2D eigenvalue weighted by Gasteiger charge is -2.14. The van der Waals surface area contributed by atoms with Gasteiger partial charge < -0.3 is 4.90 Å². The molecule has 0 fully saturated rings. The van der Waals surface area contributed by atoms with E-state index < -0.39 is 0 Å². The Morgan fingerprint density at radius 2 is 1.27 bits per heavy atom. The molecule has 0 saturated carbocycles. The predicted octanol–water partition coefficient (Wildman–Crippen LogP) is 2.92. The Labute approximate surface area is 129 Å². The zero-order chi connectivity index (χ0) is 16.7. The van der Waals surface area contributed by atoms with Crippen molar-refractivity contribution in [2.45, 2.75) is 6.92 Å². The van der Waals surface area contributed by atoms with Crippen molar-refractivity contribution >= 4 is 11.3 Å². The van der Waals surface area contributed by atoms with Crippen molar-refractivity contribution < 1.29 is 0 Å². The van der Waals surface area contributed by atoms with Gasteiger partial charge in [-0.15, -0.1) is 0 Å². The van der Waals surface area contributed by atoms with Crippen LogP contribution in [-0.2, 0) is 0 Å². The molecule has 0 aliphatic carbocycles. The lowest BCUT2D eigenvalue weighted by Crippen LogP contribution is -2.08. The second kappa shape index (κ2) is 7.30. The van der Waals surface area contributed by atoms with E-state index in [9.17, 15) is 0 Å². The molecule has 22 heavy (non-hydrogen) atoms. The van der Waals surface area contributed by atoms with E-state index in [-0.39, 0.29) is 11.1 Å². The molecule has 0 unspecified atom stereocenters. The number of hydrogen-bond acceptors (Lipinski definition) is 5. The van der Waals surface area contributed by atoms with Gasteiger partial charge in [0.25, 0.3) is 0 Å². The molecule has 0 atom stereocenters. The maximum atomic E-state index is 9.15. The molecule has 0 bridgehead atoms. The second-order valence-corrected chi connectivity index (χ2v) is 4.64. The van der Waals surface area contributed by atoms with Crippen molar-refractivity contribution in [1.82, 2.24) is 0 Å². The van der Waals surface area contributed by atoms with Crippen molar-refractivity contribution in [3.8, 4) is 24.3 Å². The van der Waals surface area contributed by atoms with Crippen molar-refractivity contribution in [2.75, 3.05) is 19.0 Å². The zero-order valence-electron chi connectivity index (χ0n) is 12.5. The summed E-state index contributed by atoms with van der Waals surface area (Å²) in [4.78, 5) is 1.92. The van der Waals surface area contributed by atoms with E-state index in [0.29, 0.717) is 16.7 Å². The van der Waals surface area contributed by atoms with E-state index in [4.69, 9.17) is 21.0 Å². The van der Waals surface area contributed by atoms with Crippen LogP contribution in [0.2, 0.25) is 0 Å². The normalized spacial score (nSPS) is 8.50. The van der Waals surface area contributed by atoms with Crippen molar-refractivity contribution in [2.24, 2.45) is 0 Å². The van der Waals surface area contributed by atoms with Gasteiger partial charge in [0.2, 0.25) is 0 Å². The van der Waals surface area contributed by atoms with Crippen LogP contribution in [0.5, 0.6) is 0 Å². The smallest absolute Gasteiger partial charge is 0.137 e. The molecule has 0 N–H and O–H groups in total. The summed E-state index contributed by atoms with van der Waals surface area (Å²) in [5.41, 5.74) is 1.96. The molecule has 106 valence electrons. The third kappa shape index (κ3) is 3.31. The molecule has 0 aromatic heterocycles. The van der Waals surface area contributed by atoms with E-state index in [1.54, 1.807) is 31.2 Å². The number of benzene rings is 1. The predicted molar refractivity (Wildman–Crippen MR) is 82.8 cm³/mol. The summed E-state index contributed by atoms with van der Waals surface area (Å²) in [7, 11) is 3.80. The van der Waals surface area contributed by atoms with Gasteiger partial charge in [-0.3, -0.25) is 0 Å². The van der Waals surface area contributed by atoms with Crippen LogP contribution in [0.3, 0.4) is 0 Å². The first-order valence-electron chi connectivity index (χ1n) is 6.33. The maximum absolute atomic E-state index is 9.15. The van der Waals surface area contributed by atoms with E-state index in [0.717, 1.165) is 5.69 Å². The van der Waals surface area contributed by atoms with Crippen LogP contribution in [0, 0.1) is 45.3 Å². The Morgan fingerprint density at radius 1 is 0.818 bits per heavy atom. The SMILES string of the molecule is CC(=C(C#N)C#N)C(=C(C#N)C#N)c1ccc(N(C)C)cc1. The molecule has 5 heteroatoms. The van der Waals surface area contributed by atoms with Gasteiger partial charge in [0.1, 0.15) is 35.4 Å². The van der Waals surface area contributed by atoms with E-state index >= 15 is 0 Å². The van der Waals surface area contributed by atoms with Gasteiger partial charge in [-0.05, 0) is 30.2 Å². The minimum atomic E-state index is -0.127. The zero-order valence-corrected chi connectivity index (χ0v) is 12.5. The average molecular weight is 287 g/mol. The second-order valence-electron chi connectivity index (χ2n) is 4.64. The largest absolute Gasteiger partial charge is 0.378 e. The maximum Gasteiger partial charge on any atom is 0.137 e. The molecule has 0 saturated heterocycles. The minimum Gasteiger partial charge on any atom is -0.378 e. The number of hydrogen-bond donors (Lipinski definition) is 0. The number of rotatable bonds is 3. The highest BCUT2D eigenvalue weighted by atomic mass is 15.1. The number of nitrogens with zero attached hydrogens (tertiary/aromatic N) is 5. The van der Waals surface area contributed by atoms with Gasteiger partial charge in [-0.2, -0.15) is 21.0 Å². The third-order valence-corrected chi connectivity index (χ3v) is 3.12. The van der Waals surface area contributed by atoms with Crippen LogP contribution in [0.4, 0.5) is 5.69 Å². The van der Waals surface area contributed by atoms with Crippen LogP contribution in [-0.4, -0.2) is 14.1 Å². The Balaban J connectivity index is 3.64. The van der Waals surface area contributed by atoms with Crippen LogP contribution in [0.15, 0.2) is 41.0 Å². The van der Waals surface area contributed by atoms with Crippen LogP contribution < -0.4 is 4.90 Å². The summed E-state index contributed by atoms with van der Waals surface area (Å²) < 4.78 is 0. The monoisotopic (exact) mass is 287 g/mol. The Hall–Kier alpha value is -3.54. The number of anilines is 1. The van der Waals surface area contributed by atoms with E-state index in [2.05, 4.69) is 0 Å². The minimum absolute atomic E-state index is 0.116. The van der Waals surface area contributed by atoms with Crippen LogP contribution in [0.1, 0.15) is 12.5 Å². The first-order valence-corrected chi connectivity index (χ1v) is 6.33. The van der Waals surface area contributed by atoms with Crippen LogP contribution in [0.25, 0.3) is 5.57 Å². The van der Waals surface area contributed by atoms with E-state index in [1.807, 2.05) is 43.3 Å². The number of allylic oxidation sites excluding steroid dienone is 4. The van der Waals surface area contributed by atoms with Gasteiger partial charge in [0, 0.05) is 25.4 Å². The first-order chi connectivity index (χ1) is 10.5. The van der Waals surface area contributed by atoms with Crippen molar-refractivity contribution in [3.63, 3.8) is 0 Å². The standard InChI is InChI=1S/C17H13N5/c1-12(14(8-18)9-19)17(15(10-20)11-21)13-4-6-16(7-5-13)22(2)3/h4-7H,1-3H3. The Bertz CT molecular complexity index is 765. The molecule has 0 aliphatic heterocycles. The molecule has 5 nitrogen and oxygen atoms in total. The summed E-state index contributed by atoms with van der Waals surface area (Å²) in [6, 6.07) is 14.4. The molecule has 1 aromatic carbocycles. The van der Waals surface area contributed by atoms with Crippen LogP contribution >= 0.6 is 0 Å². The summed E-state index contributed by atoms with van der Waals surface area (Å²) >= 11 is 0. The summed E-state index contributed by atoms with van der Waals surface area (Å²) in [6.45, 7) is 1.56. The summed E-state index contributed by atoms with van der Waals surface area (Å²) in [5.74, 6) is 0. The summed E-state index contributed by atoms with van der Waals surface area (Å²) in [5, 5.41) is 36.3. The molecule has 0 aliphatic rings. The molecular formula is C17H13N5. The Morgan fingerprint density at radius 3 is 1.64 bits per heavy atom. The summed E-state index contributed by atoms with van der Waals surface area (Å²) in [6.07, 6.45) is 0. The fourth-order valence-corrected chi connectivity index (χ4v) is 1.93. The van der Waals surface area contributed by atoms with E-state index in [1.165, 1.54) is 0 Å². The Kier molecular flexibility index (Phi) is 5.48. The highest BCUT2D eigenvalue weighted by Gasteiger charge is 2.15. The fourth-order valence-electron chi connectivity index (χ4n) is 1.93. The molecule has 0 radical (unpaired) electrons.